The maximum Gasteiger partial charge on any atom is 0.306 e. The summed E-state index contributed by atoms with van der Waals surface area (Å²) >= 11 is 0. The predicted molar refractivity (Wildman–Crippen MR) is 190 cm³/mol. The maximum absolute atomic E-state index is 12.6. The average molecular weight is 673 g/mol. The van der Waals surface area contributed by atoms with E-state index in [1.807, 2.05) is 0 Å². The van der Waals surface area contributed by atoms with E-state index in [0.29, 0.717) is 13.0 Å². The summed E-state index contributed by atoms with van der Waals surface area (Å²) in [7, 11) is 0. The van der Waals surface area contributed by atoms with Gasteiger partial charge in [-0.2, -0.15) is 0 Å². The van der Waals surface area contributed by atoms with Crippen molar-refractivity contribution in [3.63, 3.8) is 0 Å². The van der Waals surface area contributed by atoms with Gasteiger partial charge in [0.2, 0.25) is 0 Å². The summed E-state index contributed by atoms with van der Waals surface area (Å²) in [5, 5.41) is 40.1. The Morgan fingerprint density at radius 3 is 1.47 bits per heavy atom. The normalized spacial score (nSPS) is 21.3. The van der Waals surface area contributed by atoms with Gasteiger partial charge in [-0.25, -0.2) is 0 Å². The molecule has 4 N–H and O–H groups in total. The van der Waals surface area contributed by atoms with E-state index in [1.165, 1.54) is 122 Å². The standard InChI is InChI=1S/C39H76O8/c1-4-6-8-10-12-13-14-15-16-17-19-24-28-34(40)47-33(31-46-39-37(43)35(41)36(42)38(39)44)30-45-29-25-21-20-23-27-32(3)26-22-18-11-9-7-5-2/h32-33,35-39,41-44H,4-31H2,1-3H3/t32-,33-,35-,36-,37+,38+/m1/s1. The zero-order valence-corrected chi connectivity index (χ0v) is 30.8. The van der Waals surface area contributed by atoms with Crippen LogP contribution in [-0.4, -0.2) is 82.8 Å². The first kappa shape index (κ1) is 44.3. The highest BCUT2D eigenvalue weighted by Crippen LogP contribution is 2.25. The summed E-state index contributed by atoms with van der Waals surface area (Å²) in [4.78, 5) is 12.6. The third-order valence-corrected chi connectivity index (χ3v) is 9.82. The van der Waals surface area contributed by atoms with Gasteiger partial charge >= 0.3 is 5.97 Å². The molecule has 0 aromatic heterocycles. The van der Waals surface area contributed by atoms with Gasteiger partial charge in [0.25, 0.3) is 0 Å². The molecule has 0 spiro atoms. The molecule has 0 radical (unpaired) electrons. The lowest BCUT2D eigenvalue weighted by molar-refractivity contribution is -0.163. The Morgan fingerprint density at radius 2 is 0.979 bits per heavy atom. The SMILES string of the molecule is CCCCCCCCCCCCCCC(=O)O[C@H](COCCCCCC[C@H](C)CCCCCCCC)COC1[C@@H](O)[C@H](O)[C@@H](O)[C@@H]1O. The topological polar surface area (TPSA) is 126 Å². The maximum atomic E-state index is 12.6. The summed E-state index contributed by atoms with van der Waals surface area (Å²) in [6.45, 7) is 7.50. The van der Waals surface area contributed by atoms with Crippen molar-refractivity contribution in [1.82, 2.24) is 0 Å². The number of aliphatic hydroxyl groups is 4. The van der Waals surface area contributed by atoms with Gasteiger partial charge in [-0.3, -0.25) is 4.79 Å². The molecule has 1 saturated carbocycles. The van der Waals surface area contributed by atoms with Crippen LogP contribution in [0.25, 0.3) is 0 Å². The van der Waals surface area contributed by atoms with Crippen LogP contribution in [0.1, 0.15) is 181 Å². The summed E-state index contributed by atoms with van der Waals surface area (Å²) in [6.07, 6.45) is 22.6. The van der Waals surface area contributed by atoms with Gasteiger partial charge in [-0.15, -0.1) is 0 Å². The molecule has 280 valence electrons. The van der Waals surface area contributed by atoms with E-state index in [9.17, 15) is 25.2 Å². The molecule has 0 aromatic rings. The Kier molecular flexibility index (Phi) is 28.3. The molecular weight excluding hydrogens is 596 g/mol. The van der Waals surface area contributed by atoms with Crippen molar-refractivity contribution in [2.75, 3.05) is 19.8 Å². The average Bonchev–Trinajstić information content (AvgIpc) is 3.24. The molecule has 1 fully saturated rings. The number of carbonyl (C=O) groups is 1. The summed E-state index contributed by atoms with van der Waals surface area (Å²) in [6, 6.07) is 0. The molecule has 1 rings (SSSR count). The predicted octanol–water partition coefficient (Wildman–Crippen LogP) is 8.19. The van der Waals surface area contributed by atoms with Crippen molar-refractivity contribution < 1.29 is 39.4 Å². The number of aliphatic hydroxyl groups excluding tert-OH is 4. The van der Waals surface area contributed by atoms with E-state index in [0.717, 1.165) is 38.0 Å². The Hall–Kier alpha value is -0.770. The van der Waals surface area contributed by atoms with E-state index >= 15 is 0 Å². The van der Waals surface area contributed by atoms with E-state index in [4.69, 9.17) is 14.2 Å². The van der Waals surface area contributed by atoms with Gasteiger partial charge in [0.05, 0.1) is 13.2 Å². The zero-order valence-electron chi connectivity index (χ0n) is 30.8. The third kappa shape index (κ3) is 22.5. The van der Waals surface area contributed by atoms with Gasteiger partial charge in [0.1, 0.15) is 36.6 Å². The van der Waals surface area contributed by atoms with Crippen LogP contribution >= 0.6 is 0 Å². The fourth-order valence-electron chi connectivity index (χ4n) is 6.56. The highest BCUT2D eigenvalue weighted by atomic mass is 16.6. The van der Waals surface area contributed by atoms with Crippen molar-refractivity contribution >= 4 is 5.97 Å². The minimum absolute atomic E-state index is 0.0983. The Balaban J connectivity index is 2.27. The Labute approximate surface area is 288 Å². The second kappa shape index (κ2) is 30.1. The number of carbonyl (C=O) groups excluding carboxylic acids is 1. The van der Waals surface area contributed by atoms with Crippen LogP contribution in [0, 0.1) is 5.92 Å². The van der Waals surface area contributed by atoms with Crippen molar-refractivity contribution in [2.45, 2.75) is 218 Å². The smallest absolute Gasteiger partial charge is 0.306 e. The number of rotatable bonds is 33. The summed E-state index contributed by atoms with van der Waals surface area (Å²) in [5.74, 6) is 0.485. The van der Waals surface area contributed by atoms with Crippen LogP contribution in [0.4, 0.5) is 0 Å². The molecular formula is C39H76O8. The van der Waals surface area contributed by atoms with Gasteiger partial charge in [-0.05, 0) is 18.8 Å². The molecule has 0 amide bonds. The number of hydrogen-bond acceptors (Lipinski definition) is 8. The monoisotopic (exact) mass is 673 g/mol. The minimum atomic E-state index is -1.49. The second-order valence-electron chi connectivity index (χ2n) is 14.5. The fraction of sp³-hybridized carbons (Fsp3) is 0.974. The van der Waals surface area contributed by atoms with Crippen LogP contribution in [0.5, 0.6) is 0 Å². The molecule has 6 atom stereocenters. The Bertz CT molecular complexity index is 692. The van der Waals surface area contributed by atoms with Gasteiger partial charge in [-0.1, -0.05) is 162 Å². The van der Waals surface area contributed by atoms with Crippen molar-refractivity contribution in [3.05, 3.63) is 0 Å². The summed E-state index contributed by atoms with van der Waals surface area (Å²) < 4.78 is 17.2. The molecule has 1 aliphatic rings. The minimum Gasteiger partial charge on any atom is -0.457 e. The fourth-order valence-corrected chi connectivity index (χ4v) is 6.56. The summed E-state index contributed by atoms with van der Waals surface area (Å²) in [5.41, 5.74) is 0. The molecule has 1 aliphatic carbocycles. The molecule has 0 heterocycles. The molecule has 47 heavy (non-hydrogen) atoms. The highest BCUT2D eigenvalue weighted by molar-refractivity contribution is 5.69. The van der Waals surface area contributed by atoms with Crippen LogP contribution in [0.2, 0.25) is 0 Å². The van der Waals surface area contributed by atoms with Gasteiger partial charge in [0.15, 0.2) is 0 Å². The molecule has 8 nitrogen and oxygen atoms in total. The van der Waals surface area contributed by atoms with Crippen molar-refractivity contribution in [2.24, 2.45) is 5.92 Å². The highest BCUT2D eigenvalue weighted by Gasteiger charge is 2.49. The molecule has 0 saturated heterocycles. The Morgan fingerprint density at radius 1 is 0.553 bits per heavy atom. The third-order valence-electron chi connectivity index (χ3n) is 9.82. The van der Waals surface area contributed by atoms with Crippen molar-refractivity contribution in [1.29, 1.82) is 0 Å². The van der Waals surface area contributed by atoms with Gasteiger partial charge in [0, 0.05) is 13.0 Å². The number of hydrogen-bond donors (Lipinski definition) is 4. The van der Waals surface area contributed by atoms with Crippen LogP contribution < -0.4 is 0 Å². The molecule has 8 heteroatoms. The lowest BCUT2D eigenvalue weighted by atomic mass is 9.96. The molecule has 0 unspecified atom stereocenters. The van der Waals surface area contributed by atoms with E-state index in [2.05, 4.69) is 20.8 Å². The van der Waals surface area contributed by atoms with Crippen LogP contribution in [0.3, 0.4) is 0 Å². The van der Waals surface area contributed by atoms with Crippen LogP contribution in [0.15, 0.2) is 0 Å². The molecule has 0 aliphatic heterocycles. The quantitative estimate of drug-likeness (QED) is 0.0406. The largest absolute Gasteiger partial charge is 0.457 e. The molecule has 0 bridgehead atoms. The lowest BCUT2D eigenvalue weighted by Crippen LogP contribution is -2.39. The molecule has 0 aromatic carbocycles. The van der Waals surface area contributed by atoms with E-state index in [-0.39, 0.29) is 19.2 Å². The van der Waals surface area contributed by atoms with Gasteiger partial charge < -0.3 is 34.6 Å². The van der Waals surface area contributed by atoms with E-state index < -0.39 is 36.6 Å². The first-order valence-corrected chi connectivity index (χ1v) is 19.9. The first-order valence-electron chi connectivity index (χ1n) is 19.9. The first-order chi connectivity index (χ1) is 22.8. The zero-order chi connectivity index (χ0) is 34.5. The number of unbranched alkanes of at least 4 members (excludes halogenated alkanes) is 19. The number of ether oxygens (including phenoxy) is 3. The van der Waals surface area contributed by atoms with Crippen LogP contribution in [-0.2, 0) is 19.0 Å². The lowest BCUT2D eigenvalue weighted by Gasteiger charge is -2.24. The number of esters is 1. The van der Waals surface area contributed by atoms with Crippen molar-refractivity contribution in [3.8, 4) is 0 Å². The second-order valence-corrected chi connectivity index (χ2v) is 14.5. The van der Waals surface area contributed by atoms with E-state index in [1.54, 1.807) is 0 Å².